The maximum atomic E-state index is 5.95. The smallest absolute Gasteiger partial charge is 0.193 e. The van der Waals surface area contributed by atoms with E-state index in [4.69, 9.17) is 5.73 Å². The molecule has 2 rings (SSSR count). The number of guanidine groups is 1. The van der Waals surface area contributed by atoms with Crippen molar-refractivity contribution in [2.45, 2.75) is 46.0 Å². The van der Waals surface area contributed by atoms with E-state index in [1.165, 1.54) is 31.2 Å². The van der Waals surface area contributed by atoms with Gasteiger partial charge in [0.1, 0.15) is 0 Å². The van der Waals surface area contributed by atoms with Crippen LogP contribution in [0.1, 0.15) is 45.1 Å². The van der Waals surface area contributed by atoms with Crippen LogP contribution in [0.4, 0.5) is 5.69 Å². The molecule has 0 saturated heterocycles. The van der Waals surface area contributed by atoms with Gasteiger partial charge in [0.25, 0.3) is 0 Å². The maximum Gasteiger partial charge on any atom is 0.193 e. The lowest BCUT2D eigenvalue weighted by Gasteiger charge is -2.20. The summed E-state index contributed by atoms with van der Waals surface area (Å²) in [4.78, 5) is 4.50. The Morgan fingerprint density at radius 3 is 2.47 bits per heavy atom. The van der Waals surface area contributed by atoms with E-state index < -0.39 is 0 Å². The highest BCUT2D eigenvalue weighted by Gasteiger charge is 2.28. The van der Waals surface area contributed by atoms with Gasteiger partial charge >= 0.3 is 0 Å². The maximum absolute atomic E-state index is 5.95. The SMILES string of the molecule is CCc1ccc(NC(N)=NCC2(C)CCCC2)cc1. The van der Waals surface area contributed by atoms with Gasteiger partial charge in [0.05, 0.1) is 0 Å². The Morgan fingerprint density at radius 1 is 1.26 bits per heavy atom. The van der Waals surface area contributed by atoms with Crippen molar-refractivity contribution < 1.29 is 0 Å². The van der Waals surface area contributed by atoms with Gasteiger partial charge in [-0.3, -0.25) is 4.99 Å². The van der Waals surface area contributed by atoms with Crippen molar-refractivity contribution in [3.63, 3.8) is 0 Å². The van der Waals surface area contributed by atoms with E-state index in [0.29, 0.717) is 11.4 Å². The molecule has 1 aromatic carbocycles. The minimum Gasteiger partial charge on any atom is -0.370 e. The van der Waals surface area contributed by atoms with Crippen molar-refractivity contribution in [2.24, 2.45) is 16.1 Å². The second-order valence-corrected chi connectivity index (χ2v) is 5.89. The Bertz CT molecular complexity index is 428. The van der Waals surface area contributed by atoms with Gasteiger partial charge in [-0.2, -0.15) is 0 Å². The molecule has 1 aliphatic carbocycles. The standard InChI is InChI=1S/C16H25N3/c1-3-13-6-8-14(9-7-13)19-15(17)18-12-16(2)10-4-5-11-16/h6-9H,3-5,10-12H2,1-2H3,(H3,17,18,19). The van der Waals surface area contributed by atoms with Gasteiger partial charge in [-0.25, -0.2) is 0 Å². The van der Waals surface area contributed by atoms with Gasteiger partial charge in [0, 0.05) is 12.2 Å². The third-order valence-corrected chi connectivity index (χ3v) is 4.08. The molecule has 1 aliphatic rings. The normalized spacial score (nSPS) is 18.5. The minimum absolute atomic E-state index is 0.359. The van der Waals surface area contributed by atoms with Crippen LogP contribution in [0, 0.1) is 5.41 Å². The zero-order valence-corrected chi connectivity index (χ0v) is 12.1. The summed E-state index contributed by atoms with van der Waals surface area (Å²) in [5, 5.41) is 3.16. The van der Waals surface area contributed by atoms with E-state index in [1.807, 2.05) is 0 Å². The molecule has 1 saturated carbocycles. The van der Waals surface area contributed by atoms with E-state index in [1.54, 1.807) is 0 Å². The molecule has 1 fully saturated rings. The third-order valence-electron chi connectivity index (χ3n) is 4.08. The minimum atomic E-state index is 0.359. The Kier molecular flexibility index (Phi) is 4.46. The molecular formula is C16H25N3. The predicted octanol–water partition coefficient (Wildman–Crippen LogP) is 3.56. The van der Waals surface area contributed by atoms with Crippen LogP contribution in [-0.4, -0.2) is 12.5 Å². The summed E-state index contributed by atoms with van der Waals surface area (Å²) in [6.07, 6.45) is 6.27. The summed E-state index contributed by atoms with van der Waals surface area (Å²) in [6, 6.07) is 8.35. The molecule has 0 aliphatic heterocycles. The van der Waals surface area contributed by atoms with Gasteiger partial charge in [-0.15, -0.1) is 0 Å². The molecule has 3 N–H and O–H groups in total. The average Bonchev–Trinajstić information content (AvgIpc) is 2.85. The summed E-state index contributed by atoms with van der Waals surface area (Å²) in [7, 11) is 0. The second kappa shape index (κ2) is 6.09. The first-order valence-corrected chi connectivity index (χ1v) is 7.27. The van der Waals surface area contributed by atoms with Crippen molar-refractivity contribution in [2.75, 3.05) is 11.9 Å². The largest absolute Gasteiger partial charge is 0.370 e. The zero-order chi connectivity index (χ0) is 13.7. The lowest BCUT2D eigenvalue weighted by molar-refractivity contribution is 0.351. The van der Waals surface area contributed by atoms with E-state index in [0.717, 1.165) is 18.7 Å². The number of anilines is 1. The monoisotopic (exact) mass is 259 g/mol. The number of hydrogen-bond acceptors (Lipinski definition) is 1. The molecule has 104 valence electrons. The van der Waals surface area contributed by atoms with Crippen LogP contribution in [-0.2, 0) is 6.42 Å². The third kappa shape index (κ3) is 3.98. The lowest BCUT2D eigenvalue weighted by Crippen LogP contribution is -2.25. The highest BCUT2D eigenvalue weighted by atomic mass is 15.1. The first kappa shape index (κ1) is 13.9. The van der Waals surface area contributed by atoms with Crippen LogP contribution >= 0.6 is 0 Å². The second-order valence-electron chi connectivity index (χ2n) is 5.89. The summed E-state index contributed by atoms with van der Waals surface area (Å²) >= 11 is 0. The average molecular weight is 259 g/mol. The van der Waals surface area contributed by atoms with Crippen molar-refractivity contribution in [1.29, 1.82) is 0 Å². The quantitative estimate of drug-likeness (QED) is 0.641. The molecule has 0 spiro atoms. The van der Waals surface area contributed by atoms with Gasteiger partial charge in [0.2, 0.25) is 0 Å². The molecule has 3 nitrogen and oxygen atoms in total. The number of benzene rings is 1. The van der Waals surface area contributed by atoms with Crippen LogP contribution in [0.5, 0.6) is 0 Å². The molecule has 19 heavy (non-hydrogen) atoms. The fraction of sp³-hybridized carbons (Fsp3) is 0.562. The summed E-state index contributed by atoms with van der Waals surface area (Å²) in [5.41, 5.74) is 8.65. The number of nitrogens with two attached hydrogens (primary N) is 1. The lowest BCUT2D eigenvalue weighted by atomic mass is 9.89. The van der Waals surface area contributed by atoms with Gasteiger partial charge in [0.15, 0.2) is 5.96 Å². The van der Waals surface area contributed by atoms with Crippen molar-refractivity contribution >= 4 is 11.6 Å². The van der Waals surface area contributed by atoms with Crippen LogP contribution in [0.3, 0.4) is 0 Å². The number of rotatable bonds is 4. The first-order chi connectivity index (χ1) is 9.11. The number of aliphatic imine (C=N–C) groups is 1. The van der Waals surface area contributed by atoms with E-state index in [-0.39, 0.29) is 0 Å². The zero-order valence-electron chi connectivity index (χ0n) is 12.1. The Morgan fingerprint density at radius 2 is 1.89 bits per heavy atom. The predicted molar refractivity (Wildman–Crippen MR) is 82.5 cm³/mol. The molecule has 0 unspecified atom stereocenters. The van der Waals surface area contributed by atoms with Crippen LogP contribution in [0.25, 0.3) is 0 Å². The van der Waals surface area contributed by atoms with E-state index >= 15 is 0 Å². The number of nitrogens with zero attached hydrogens (tertiary/aromatic N) is 1. The molecule has 0 heterocycles. The molecule has 0 amide bonds. The molecule has 0 atom stereocenters. The van der Waals surface area contributed by atoms with Crippen molar-refractivity contribution in [1.82, 2.24) is 0 Å². The highest BCUT2D eigenvalue weighted by Crippen LogP contribution is 2.37. The van der Waals surface area contributed by atoms with E-state index in [2.05, 4.69) is 48.4 Å². The number of hydrogen-bond donors (Lipinski definition) is 2. The number of nitrogens with one attached hydrogen (secondary N) is 1. The van der Waals surface area contributed by atoms with Gasteiger partial charge in [-0.1, -0.05) is 38.8 Å². The van der Waals surface area contributed by atoms with Crippen molar-refractivity contribution in [3.05, 3.63) is 29.8 Å². The Balaban J connectivity index is 1.90. The van der Waals surface area contributed by atoms with Gasteiger partial charge < -0.3 is 11.1 Å². The summed E-state index contributed by atoms with van der Waals surface area (Å²) in [5.74, 6) is 0.525. The molecule has 0 aromatic heterocycles. The first-order valence-electron chi connectivity index (χ1n) is 7.27. The fourth-order valence-corrected chi connectivity index (χ4v) is 2.67. The van der Waals surface area contributed by atoms with Crippen molar-refractivity contribution in [3.8, 4) is 0 Å². The van der Waals surface area contributed by atoms with Crippen LogP contribution in [0.15, 0.2) is 29.3 Å². The van der Waals surface area contributed by atoms with Crippen LogP contribution < -0.4 is 11.1 Å². The molecule has 1 aromatic rings. The number of aryl methyl sites for hydroxylation is 1. The Hall–Kier alpha value is -1.51. The molecule has 0 radical (unpaired) electrons. The summed E-state index contributed by atoms with van der Waals surface area (Å²) < 4.78 is 0. The fourth-order valence-electron chi connectivity index (χ4n) is 2.67. The van der Waals surface area contributed by atoms with Gasteiger partial charge in [-0.05, 0) is 42.4 Å². The summed E-state index contributed by atoms with van der Waals surface area (Å²) in [6.45, 7) is 5.30. The molecule has 0 bridgehead atoms. The molecular weight excluding hydrogens is 234 g/mol. The topological polar surface area (TPSA) is 50.4 Å². The van der Waals surface area contributed by atoms with Crippen LogP contribution in [0.2, 0.25) is 0 Å². The molecule has 3 heteroatoms. The highest BCUT2D eigenvalue weighted by molar-refractivity contribution is 5.92. The Labute approximate surface area is 116 Å². The van der Waals surface area contributed by atoms with E-state index in [9.17, 15) is 0 Å².